The van der Waals surface area contributed by atoms with Gasteiger partial charge in [-0.05, 0) is 29.8 Å². The van der Waals surface area contributed by atoms with Gasteiger partial charge in [-0.15, -0.1) is 13.2 Å². The zero-order chi connectivity index (χ0) is 22.9. The van der Waals surface area contributed by atoms with Crippen molar-refractivity contribution in [2.75, 3.05) is 31.1 Å². The summed E-state index contributed by atoms with van der Waals surface area (Å²) in [7, 11) is 0. The predicted molar refractivity (Wildman–Crippen MR) is 110 cm³/mol. The van der Waals surface area contributed by atoms with E-state index in [-0.39, 0.29) is 11.7 Å². The van der Waals surface area contributed by atoms with Gasteiger partial charge in [0.15, 0.2) is 0 Å². The number of fused-ring (bicyclic) bond motifs is 1. The smallest absolute Gasteiger partial charge is 0.449 e. The highest BCUT2D eigenvalue weighted by Gasteiger charge is 2.31. The molecule has 0 aliphatic carbocycles. The van der Waals surface area contributed by atoms with Gasteiger partial charge in [-0.3, -0.25) is 4.90 Å². The summed E-state index contributed by atoms with van der Waals surface area (Å²) in [5.41, 5.74) is 1.92. The van der Waals surface area contributed by atoms with Gasteiger partial charge in [0, 0.05) is 44.2 Å². The molecule has 1 saturated heterocycles. The first-order chi connectivity index (χ1) is 15.2. The number of nitrogens with zero attached hydrogens (tertiary/aromatic N) is 2. The third kappa shape index (κ3) is 5.20. The molecule has 2 heterocycles. The minimum atomic E-state index is -4.72. The van der Waals surface area contributed by atoms with Gasteiger partial charge in [-0.1, -0.05) is 23.7 Å². The van der Waals surface area contributed by atoms with Crippen molar-refractivity contribution in [3.8, 4) is 11.7 Å². The largest absolute Gasteiger partial charge is 0.573 e. The summed E-state index contributed by atoms with van der Waals surface area (Å²) in [6, 6.07) is 10.9. The zero-order valence-electron chi connectivity index (χ0n) is 16.6. The molecule has 0 saturated carbocycles. The van der Waals surface area contributed by atoms with Crippen molar-refractivity contribution in [3.05, 3.63) is 53.1 Å². The van der Waals surface area contributed by atoms with E-state index < -0.39 is 12.5 Å². The number of rotatable bonds is 5. The second kappa shape index (κ2) is 8.79. The van der Waals surface area contributed by atoms with Gasteiger partial charge < -0.3 is 23.9 Å². The number of carboxylic acid groups (broad SMARTS) is 1. The first kappa shape index (κ1) is 22.1. The third-order valence-corrected chi connectivity index (χ3v) is 5.43. The van der Waals surface area contributed by atoms with Crippen molar-refractivity contribution in [1.82, 2.24) is 4.90 Å². The molecule has 4 rings (SSSR count). The van der Waals surface area contributed by atoms with Crippen molar-refractivity contribution < 1.29 is 37.0 Å². The van der Waals surface area contributed by atoms with Crippen LogP contribution in [-0.4, -0.2) is 48.7 Å². The molecule has 11 heteroatoms. The molecule has 0 radical (unpaired) electrons. The van der Waals surface area contributed by atoms with Crippen LogP contribution in [0.3, 0.4) is 0 Å². The number of hydrogen-bond acceptors (Lipinski definition) is 6. The molecule has 1 N–H and O–H groups in total. The van der Waals surface area contributed by atoms with Crippen LogP contribution in [0.15, 0.2) is 46.9 Å². The molecule has 0 atom stereocenters. The van der Waals surface area contributed by atoms with Crippen LogP contribution in [0.2, 0.25) is 5.02 Å². The fourth-order valence-corrected chi connectivity index (χ4v) is 4.00. The summed E-state index contributed by atoms with van der Waals surface area (Å²) < 4.78 is 51.2. The van der Waals surface area contributed by atoms with Gasteiger partial charge in [0.25, 0.3) is 5.95 Å². The summed E-state index contributed by atoms with van der Waals surface area (Å²) in [5.74, 6) is -0.395. The SMILES string of the molecule is O=C(O)Oc1cc2c(Cl)c(N3CCN(Cc4cccc(OC(F)(F)F)c4)CC3)ccc2o1. The summed E-state index contributed by atoms with van der Waals surface area (Å²) in [4.78, 5) is 14.9. The highest BCUT2D eigenvalue weighted by atomic mass is 35.5. The summed E-state index contributed by atoms with van der Waals surface area (Å²) >= 11 is 6.54. The van der Waals surface area contributed by atoms with Crippen LogP contribution >= 0.6 is 11.6 Å². The monoisotopic (exact) mass is 470 g/mol. The maximum atomic E-state index is 12.4. The molecule has 0 unspecified atom stereocenters. The number of furan rings is 1. The van der Waals surface area contributed by atoms with Gasteiger partial charge in [0.2, 0.25) is 0 Å². The first-order valence-corrected chi connectivity index (χ1v) is 10.0. The number of halogens is 4. The molecule has 170 valence electrons. The molecule has 32 heavy (non-hydrogen) atoms. The molecular weight excluding hydrogens is 453 g/mol. The van der Waals surface area contributed by atoms with E-state index in [1.54, 1.807) is 18.2 Å². The normalized spacial score (nSPS) is 15.2. The lowest BCUT2D eigenvalue weighted by molar-refractivity contribution is -0.274. The zero-order valence-corrected chi connectivity index (χ0v) is 17.3. The number of ether oxygens (including phenoxy) is 2. The number of hydrogen-bond donors (Lipinski definition) is 1. The molecule has 1 fully saturated rings. The lowest BCUT2D eigenvalue weighted by Gasteiger charge is -2.36. The van der Waals surface area contributed by atoms with Gasteiger partial charge in [0.05, 0.1) is 10.7 Å². The van der Waals surface area contributed by atoms with Crippen LogP contribution in [0, 0.1) is 0 Å². The molecule has 0 spiro atoms. The highest BCUT2D eigenvalue weighted by molar-refractivity contribution is 6.38. The van der Waals surface area contributed by atoms with Crippen LogP contribution in [0.1, 0.15) is 5.56 Å². The topological polar surface area (TPSA) is 75.4 Å². The Balaban J connectivity index is 1.40. The molecule has 1 aliphatic rings. The van der Waals surface area contributed by atoms with Crippen molar-refractivity contribution in [1.29, 1.82) is 0 Å². The first-order valence-electron chi connectivity index (χ1n) is 9.63. The molecule has 7 nitrogen and oxygen atoms in total. The van der Waals surface area contributed by atoms with Crippen molar-refractivity contribution >= 4 is 34.4 Å². The van der Waals surface area contributed by atoms with Gasteiger partial charge >= 0.3 is 12.5 Å². The fourth-order valence-electron chi connectivity index (χ4n) is 3.67. The Kier molecular flexibility index (Phi) is 6.07. The Morgan fingerprint density at radius 3 is 2.56 bits per heavy atom. The van der Waals surface area contributed by atoms with E-state index in [0.29, 0.717) is 48.7 Å². The molecule has 1 aromatic heterocycles. The van der Waals surface area contributed by atoms with Crippen LogP contribution < -0.4 is 14.4 Å². The minimum absolute atomic E-state index is 0.159. The molecule has 2 aromatic carbocycles. The van der Waals surface area contributed by atoms with E-state index in [9.17, 15) is 18.0 Å². The average molecular weight is 471 g/mol. The second-order valence-corrected chi connectivity index (χ2v) is 7.58. The maximum absolute atomic E-state index is 12.4. The lowest BCUT2D eigenvalue weighted by atomic mass is 10.1. The van der Waals surface area contributed by atoms with E-state index in [2.05, 4.69) is 19.3 Å². The highest BCUT2D eigenvalue weighted by Crippen LogP contribution is 2.37. The molecule has 0 amide bonds. The molecule has 0 bridgehead atoms. The van der Waals surface area contributed by atoms with Crippen LogP contribution in [0.25, 0.3) is 11.0 Å². The number of carbonyl (C=O) groups is 1. The van der Waals surface area contributed by atoms with Crippen LogP contribution in [-0.2, 0) is 6.54 Å². The van der Waals surface area contributed by atoms with E-state index >= 15 is 0 Å². The quantitative estimate of drug-likeness (QED) is 0.503. The molecule has 3 aromatic rings. The Labute approximate surface area is 185 Å². The van der Waals surface area contributed by atoms with Crippen molar-refractivity contribution in [2.45, 2.75) is 12.9 Å². The number of anilines is 1. The van der Waals surface area contributed by atoms with E-state index in [0.717, 1.165) is 11.3 Å². The van der Waals surface area contributed by atoms with E-state index in [1.807, 2.05) is 0 Å². The predicted octanol–water partition coefficient (Wildman–Crippen LogP) is 5.36. The number of piperazine rings is 1. The standard InChI is InChI=1S/C21H18ClF3N2O5/c22-19-15-11-18(31-20(28)29)30-17(15)5-4-16(19)27-8-6-26(7-9-27)12-13-2-1-3-14(10-13)32-21(23,24)25/h1-5,10-11H,6-9,12H2,(H,28,29). The fraction of sp³-hybridized carbons (Fsp3) is 0.286. The van der Waals surface area contributed by atoms with Crippen molar-refractivity contribution in [2.24, 2.45) is 0 Å². The Morgan fingerprint density at radius 2 is 1.88 bits per heavy atom. The van der Waals surface area contributed by atoms with Gasteiger partial charge in [0.1, 0.15) is 11.3 Å². The van der Waals surface area contributed by atoms with Crippen LogP contribution in [0.5, 0.6) is 11.7 Å². The Hall–Kier alpha value is -3.11. The summed E-state index contributed by atoms with van der Waals surface area (Å²) in [5, 5.41) is 9.70. The minimum Gasteiger partial charge on any atom is -0.449 e. The number of alkyl halides is 3. The molecule has 1 aliphatic heterocycles. The average Bonchev–Trinajstić information content (AvgIpc) is 3.11. The Morgan fingerprint density at radius 1 is 1.12 bits per heavy atom. The van der Waals surface area contributed by atoms with Crippen LogP contribution in [0.4, 0.5) is 23.7 Å². The van der Waals surface area contributed by atoms with E-state index in [1.165, 1.54) is 24.3 Å². The lowest BCUT2D eigenvalue weighted by Crippen LogP contribution is -2.46. The Bertz CT molecular complexity index is 1130. The van der Waals surface area contributed by atoms with Crippen molar-refractivity contribution in [3.63, 3.8) is 0 Å². The summed E-state index contributed by atoms with van der Waals surface area (Å²) in [6.07, 6.45) is -6.20. The maximum Gasteiger partial charge on any atom is 0.573 e. The second-order valence-electron chi connectivity index (χ2n) is 7.20. The van der Waals surface area contributed by atoms with E-state index in [4.69, 9.17) is 21.1 Å². The third-order valence-electron chi connectivity index (χ3n) is 5.03. The number of benzene rings is 2. The van der Waals surface area contributed by atoms with Gasteiger partial charge in [-0.25, -0.2) is 4.79 Å². The van der Waals surface area contributed by atoms with Gasteiger partial charge in [-0.2, -0.15) is 0 Å². The molecular formula is C21H18ClF3N2O5. The summed E-state index contributed by atoms with van der Waals surface area (Å²) in [6.45, 7) is 3.16.